The first-order valence-electron chi connectivity index (χ1n) is 5.95. The number of hydrogen-bond donors (Lipinski definition) is 1. The number of nitrogens with zero attached hydrogens (tertiary/aromatic N) is 2. The topological polar surface area (TPSA) is 79.3 Å². The number of fused-ring (bicyclic) bond motifs is 1. The van der Waals surface area contributed by atoms with Crippen LogP contribution in [0.1, 0.15) is 5.56 Å². The molecule has 0 saturated carbocycles. The minimum Gasteiger partial charge on any atom is -0.468 e. The van der Waals surface area contributed by atoms with Crippen LogP contribution in [-0.4, -0.2) is 16.9 Å². The van der Waals surface area contributed by atoms with E-state index in [1.165, 1.54) is 0 Å². The van der Waals surface area contributed by atoms with Crippen molar-refractivity contribution in [1.29, 1.82) is 5.26 Å². The molecule has 0 aliphatic carbocycles. The summed E-state index contributed by atoms with van der Waals surface area (Å²) < 4.78 is 10.6. The van der Waals surface area contributed by atoms with Gasteiger partial charge in [-0.15, -0.1) is 0 Å². The summed E-state index contributed by atoms with van der Waals surface area (Å²) in [7, 11) is 0. The lowest BCUT2D eigenvalue weighted by Gasteiger charge is -1.99. The van der Waals surface area contributed by atoms with Crippen LogP contribution in [0.3, 0.4) is 0 Å². The number of aromatic nitrogens is 1. The molecule has 0 spiro atoms. The summed E-state index contributed by atoms with van der Waals surface area (Å²) in [5, 5.41) is 17.5. The molecule has 5 nitrogen and oxygen atoms in total. The first-order valence-corrected chi connectivity index (χ1v) is 5.95. The van der Waals surface area contributed by atoms with Gasteiger partial charge in [0, 0.05) is 11.6 Å². The highest BCUT2D eigenvalue weighted by Gasteiger charge is 2.09. The van der Waals surface area contributed by atoms with E-state index in [1.807, 2.05) is 0 Å². The van der Waals surface area contributed by atoms with Crippen LogP contribution in [0.15, 0.2) is 46.9 Å². The van der Waals surface area contributed by atoms with Gasteiger partial charge >= 0.3 is 0 Å². The van der Waals surface area contributed by atoms with Gasteiger partial charge in [0.2, 0.25) is 5.89 Å². The molecule has 5 heteroatoms. The van der Waals surface area contributed by atoms with Gasteiger partial charge < -0.3 is 14.3 Å². The maximum atomic E-state index is 8.77. The van der Waals surface area contributed by atoms with Gasteiger partial charge in [-0.3, -0.25) is 0 Å². The third kappa shape index (κ3) is 2.20. The maximum absolute atomic E-state index is 8.77. The number of aliphatic hydroxyl groups is 1. The zero-order valence-electron chi connectivity index (χ0n) is 10.4. The van der Waals surface area contributed by atoms with Crippen LogP contribution >= 0.6 is 0 Å². The normalized spacial score (nSPS) is 10.4. The van der Waals surface area contributed by atoms with Crippen LogP contribution in [0.2, 0.25) is 0 Å². The number of oxazole rings is 1. The lowest BCUT2D eigenvalue weighted by molar-refractivity contribution is 0.0987. The van der Waals surface area contributed by atoms with Crippen molar-refractivity contribution in [3.8, 4) is 23.3 Å². The zero-order chi connectivity index (χ0) is 13.9. The van der Waals surface area contributed by atoms with E-state index in [0.29, 0.717) is 28.3 Å². The fourth-order valence-electron chi connectivity index (χ4n) is 1.88. The fraction of sp³-hybridized carbons (Fsp3) is 0.0667. The van der Waals surface area contributed by atoms with Crippen molar-refractivity contribution in [2.75, 3.05) is 6.79 Å². The molecule has 1 aromatic heterocycles. The summed E-state index contributed by atoms with van der Waals surface area (Å²) in [6.45, 7) is -0.383. The Kier molecular flexibility index (Phi) is 3.07. The third-order valence-electron chi connectivity index (χ3n) is 2.85. The number of ether oxygens (including phenoxy) is 1. The second kappa shape index (κ2) is 5.03. The molecular formula is C15H10N2O3. The molecule has 1 heterocycles. The maximum Gasteiger partial charge on any atom is 0.227 e. The van der Waals surface area contributed by atoms with Crippen LogP contribution in [-0.2, 0) is 0 Å². The Bertz CT molecular complexity index is 785. The standard InChI is InChI=1S/C15H10N2O3/c16-8-10-1-3-11(4-2-10)15-17-13-7-12(19-9-18)5-6-14(13)20-15/h1-7,18H,9H2. The first-order chi connectivity index (χ1) is 9.80. The van der Waals surface area contributed by atoms with Gasteiger partial charge in [0.15, 0.2) is 12.4 Å². The molecule has 2 aromatic carbocycles. The van der Waals surface area contributed by atoms with Crippen LogP contribution < -0.4 is 4.74 Å². The van der Waals surface area contributed by atoms with Crippen molar-refractivity contribution < 1.29 is 14.3 Å². The number of rotatable bonds is 3. The predicted octanol–water partition coefficient (Wildman–Crippen LogP) is 2.70. The van der Waals surface area contributed by atoms with E-state index in [4.69, 9.17) is 19.5 Å². The van der Waals surface area contributed by atoms with Crippen molar-refractivity contribution in [3.63, 3.8) is 0 Å². The highest BCUT2D eigenvalue weighted by Crippen LogP contribution is 2.27. The first kappa shape index (κ1) is 12.2. The summed E-state index contributed by atoms with van der Waals surface area (Å²) >= 11 is 0. The van der Waals surface area contributed by atoms with Crippen LogP contribution in [0.5, 0.6) is 5.75 Å². The Hall–Kier alpha value is -2.84. The van der Waals surface area contributed by atoms with Gasteiger partial charge in [-0.05, 0) is 36.4 Å². The number of benzene rings is 2. The van der Waals surface area contributed by atoms with E-state index in [0.717, 1.165) is 5.56 Å². The molecule has 20 heavy (non-hydrogen) atoms. The van der Waals surface area contributed by atoms with E-state index in [2.05, 4.69) is 11.1 Å². The van der Waals surface area contributed by atoms with Gasteiger partial charge in [-0.25, -0.2) is 4.98 Å². The molecule has 0 aliphatic heterocycles. The van der Waals surface area contributed by atoms with Crippen LogP contribution in [0, 0.1) is 11.3 Å². The van der Waals surface area contributed by atoms with E-state index < -0.39 is 0 Å². The molecule has 0 fully saturated rings. The molecule has 3 aromatic rings. The Morgan fingerprint density at radius 2 is 2.00 bits per heavy atom. The van der Waals surface area contributed by atoms with Gasteiger partial charge in [-0.1, -0.05) is 0 Å². The van der Waals surface area contributed by atoms with Crippen molar-refractivity contribution >= 4 is 11.1 Å². The quantitative estimate of drug-likeness (QED) is 0.737. The van der Waals surface area contributed by atoms with E-state index in [1.54, 1.807) is 42.5 Å². The smallest absolute Gasteiger partial charge is 0.227 e. The largest absolute Gasteiger partial charge is 0.468 e. The number of hydrogen-bond acceptors (Lipinski definition) is 5. The Labute approximate surface area is 114 Å². The molecule has 0 aliphatic rings. The molecule has 3 rings (SSSR count). The van der Waals surface area contributed by atoms with Crippen molar-refractivity contribution in [1.82, 2.24) is 4.98 Å². The number of nitriles is 1. The molecule has 0 bridgehead atoms. The Morgan fingerprint density at radius 1 is 1.20 bits per heavy atom. The van der Waals surface area contributed by atoms with Crippen molar-refractivity contribution in [2.24, 2.45) is 0 Å². The second-order valence-electron chi connectivity index (χ2n) is 4.11. The predicted molar refractivity (Wildman–Crippen MR) is 71.9 cm³/mol. The van der Waals surface area contributed by atoms with Gasteiger partial charge in [0.1, 0.15) is 11.3 Å². The highest BCUT2D eigenvalue weighted by molar-refractivity contribution is 5.77. The lowest BCUT2D eigenvalue weighted by atomic mass is 10.1. The minimum atomic E-state index is -0.383. The molecule has 0 unspecified atom stereocenters. The summed E-state index contributed by atoms with van der Waals surface area (Å²) in [5.41, 5.74) is 2.67. The van der Waals surface area contributed by atoms with Gasteiger partial charge in [0.05, 0.1) is 11.6 Å². The third-order valence-corrected chi connectivity index (χ3v) is 2.85. The summed E-state index contributed by atoms with van der Waals surface area (Å²) in [6.07, 6.45) is 0. The highest BCUT2D eigenvalue weighted by atomic mass is 16.6. The van der Waals surface area contributed by atoms with E-state index >= 15 is 0 Å². The molecule has 0 saturated heterocycles. The average molecular weight is 266 g/mol. The van der Waals surface area contributed by atoms with E-state index in [-0.39, 0.29) is 6.79 Å². The Balaban J connectivity index is 2.01. The molecule has 0 atom stereocenters. The zero-order valence-corrected chi connectivity index (χ0v) is 10.4. The molecule has 0 amide bonds. The number of aliphatic hydroxyl groups excluding tert-OH is 1. The lowest BCUT2D eigenvalue weighted by Crippen LogP contribution is -1.93. The summed E-state index contributed by atoms with van der Waals surface area (Å²) in [6, 6.07) is 14.2. The Morgan fingerprint density at radius 3 is 2.70 bits per heavy atom. The van der Waals surface area contributed by atoms with Crippen molar-refractivity contribution in [3.05, 3.63) is 48.0 Å². The minimum absolute atomic E-state index is 0.383. The molecule has 98 valence electrons. The van der Waals surface area contributed by atoms with E-state index in [9.17, 15) is 0 Å². The molecule has 0 radical (unpaired) electrons. The van der Waals surface area contributed by atoms with Crippen LogP contribution in [0.25, 0.3) is 22.6 Å². The molecular weight excluding hydrogens is 256 g/mol. The van der Waals surface area contributed by atoms with Gasteiger partial charge in [0.25, 0.3) is 0 Å². The summed E-state index contributed by atoms with van der Waals surface area (Å²) in [5.74, 6) is 1.00. The molecule has 1 N–H and O–H groups in total. The monoisotopic (exact) mass is 266 g/mol. The summed E-state index contributed by atoms with van der Waals surface area (Å²) in [4.78, 5) is 4.37. The van der Waals surface area contributed by atoms with Crippen molar-refractivity contribution in [2.45, 2.75) is 0 Å². The SMILES string of the molecule is N#Cc1ccc(-c2nc3cc(OCO)ccc3o2)cc1. The van der Waals surface area contributed by atoms with Crippen LogP contribution in [0.4, 0.5) is 0 Å². The second-order valence-corrected chi connectivity index (χ2v) is 4.11. The average Bonchev–Trinajstić information content (AvgIpc) is 2.91. The fourth-order valence-corrected chi connectivity index (χ4v) is 1.88. The van der Waals surface area contributed by atoms with Gasteiger partial charge in [-0.2, -0.15) is 5.26 Å².